The number of benzene rings is 1. The zero-order chi connectivity index (χ0) is 13.3. The highest BCUT2D eigenvalue weighted by Crippen LogP contribution is 2.37. The number of hydrogen-bond donors (Lipinski definition) is 1. The van der Waals surface area contributed by atoms with E-state index in [1.165, 1.54) is 0 Å². The summed E-state index contributed by atoms with van der Waals surface area (Å²) in [6, 6.07) is 5.33. The lowest BCUT2D eigenvalue weighted by molar-refractivity contribution is 1.29. The molecule has 0 bridgehead atoms. The Morgan fingerprint density at radius 1 is 1.06 bits per heavy atom. The van der Waals surface area contributed by atoms with Crippen molar-refractivity contribution in [2.75, 3.05) is 5.32 Å². The molecule has 0 atom stereocenters. The summed E-state index contributed by atoms with van der Waals surface area (Å²) in [5.41, 5.74) is 0.640. The number of rotatable bonds is 2. The van der Waals surface area contributed by atoms with Gasteiger partial charge in [-0.05, 0) is 50.1 Å². The van der Waals surface area contributed by atoms with Crippen molar-refractivity contribution >= 4 is 78.2 Å². The minimum Gasteiger partial charge on any atom is -0.338 e. The van der Waals surface area contributed by atoms with E-state index in [1.807, 2.05) is 0 Å². The van der Waals surface area contributed by atoms with Crippen molar-refractivity contribution in [3.8, 4) is 0 Å². The average Bonchev–Trinajstić information content (AvgIpc) is 2.33. The van der Waals surface area contributed by atoms with Crippen LogP contribution < -0.4 is 5.32 Å². The highest BCUT2D eigenvalue weighted by Gasteiger charge is 2.10. The Balaban J connectivity index is 2.37. The molecule has 0 aliphatic heterocycles. The van der Waals surface area contributed by atoms with Gasteiger partial charge in [0.25, 0.3) is 0 Å². The number of anilines is 2. The Bertz CT molecular complexity index is 605. The van der Waals surface area contributed by atoms with Crippen molar-refractivity contribution in [2.45, 2.75) is 0 Å². The summed E-state index contributed by atoms with van der Waals surface area (Å²) < 4.78 is 1.53. The van der Waals surface area contributed by atoms with Gasteiger partial charge in [-0.25, -0.2) is 4.98 Å². The van der Waals surface area contributed by atoms with Crippen LogP contribution in [0.3, 0.4) is 0 Å². The van der Waals surface area contributed by atoms with Crippen molar-refractivity contribution < 1.29 is 0 Å². The van der Waals surface area contributed by atoms with Crippen molar-refractivity contribution in [1.29, 1.82) is 0 Å². The van der Waals surface area contributed by atoms with Gasteiger partial charge in [0.2, 0.25) is 0 Å². The lowest BCUT2D eigenvalue weighted by Crippen LogP contribution is -1.95. The molecule has 1 heterocycles. The number of nitrogens with zero attached hydrogens (tertiary/aromatic N) is 1. The number of halogens is 5. The van der Waals surface area contributed by atoms with Crippen LogP contribution in [0, 0.1) is 0 Å². The second-order valence-corrected chi connectivity index (χ2v) is 6.27. The molecule has 2 rings (SSSR count). The van der Waals surface area contributed by atoms with Gasteiger partial charge < -0.3 is 5.32 Å². The number of nitrogens with one attached hydrogen (secondary N) is 1. The van der Waals surface area contributed by atoms with Crippen LogP contribution in [0.15, 0.2) is 33.3 Å². The maximum Gasteiger partial charge on any atom is 0.149 e. The quantitative estimate of drug-likeness (QED) is 0.564. The molecule has 0 amide bonds. The number of aromatic nitrogens is 1. The first kappa shape index (κ1) is 14.4. The molecule has 1 aromatic carbocycles. The Kier molecular flexibility index (Phi) is 4.78. The predicted octanol–water partition coefficient (Wildman–Crippen LogP) is 6.31. The molecule has 0 saturated carbocycles. The smallest absolute Gasteiger partial charge is 0.149 e. The van der Waals surface area contributed by atoms with Gasteiger partial charge in [0, 0.05) is 15.1 Å². The van der Waals surface area contributed by atoms with Crippen LogP contribution >= 0.6 is 66.7 Å². The molecular weight excluding hydrogens is 426 g/mol. The minimum absolute atomic E-state index is 0.409. The summed E-state index contributed by atoms with van der Waals surface area (Å²) in [5, 5.41) is 4.37. The Labute approximate surface area is 136 Å². The summed E-state index contributed by atoms with van der Waals surface area (Å²) in [6.45, 7) is 0. The average molecular weight is 431 g/mol. The van der Waals surface area contributed by atoms with Gasteiger partial charge in [-0.15, -0.1) is 0 Å². The van der Waals surface area contributed by atoms with Gasteiger partial charge in [-0.3, -0.25) is 0 Å². The third-order valence-electron chi connectivity index (χ3n) is 2.10. The molecule has 2 nitrogen and oxygen atoms in total. The molecular formula is C11H5Br2Cl3N2. The van der Waals surface area contributed by atoms with Crippen molar-refractivity contribution in [1.82, 2.24) is 4.98 Å². The van der Waals surface area contributed by atoms with E-state index in [0.717, 1.165) is 8.95 Å². The van der Waals surface area contributed by atoms with Crippen LogP contribution in [0.25, 0.3) is 0 Å². The van der Waals surface area contributed by atoms with E-state index in [-0.39, 0.29) is 0 Å². The molecule has 0 saturated heterocycles. The monoisotopic (exact) mass is 428 g/mol. The normalized spacial score (nSPS) is 10.5. The molecule has 1 aromatic heterocycles. The van der Waals surface area contributed by atoms with Gasteiger partial charge in [0.1, 0.15) is 5.82 Å². The van der Waals surface area contributed by atoms with Crippen LogP contribution in [0.5, 0.6) is 0 Å². The first-order valence-electron chi connectivity index (χ1n) is 4.70. The van der Waals surface area contributed by atoms with Gasteiger partial charge >= 0.3 is 0 Å². The summed E-state index contributed by atoms with van der Waals surface area (Å²) in [4.78, 5) is 4.16. The molecule has 0 unspecified atom stereocenters. The van der Waals surface area contributed by atoms with E-state index in [9.17, 15) is 0 Å². The van der Waals surface area contributed by atoms with Crippen LogP contribution in [0.1, 0.15) is 0 Å². The molecule has 94 valence electrons. The lowest BCUT2D eigenvalue weighted by Gasteiger charge is -2.11. The molecule has 0 aliphatic rings. The molecule has 0 aliphatic carbocycles. The van der Waals surface area contributed by atoms with Crippen LogP contribution in [0.2, 0.25) is 15.1 Å². The fraction of sp³-hybridized carbons (Fsp3) is 0. The zero-order valence-corrected chi connectivity index (χ0v) is 14.1. The summed E-state index contributed by atoms with van der Waals surface area (Å²) in [5.74, 6) is 0.514. The van der Waals surface area contributed by atoms with Crippen LogP contribution in [-0.2, 0) is 0 Å². The fourth-order valence-electron chi connectivity index (χ4n) is 1.26. The van der Waals surface area contributed by atoms with E-state index in [2.05, 4.69) is 42.2 Å². The second kappa shape index (κ2) is 5.97. The predicted molar refractivity (Wildman–Crippen MR) is 84.4 cm³/mol. The number of pyridine rings is 1. The summed E-state index contributed by atoms with van der Waals surface area (Å²) in [6.07, 6.45) is 1.64. The van der Waals surface area contributed by atoms with Crippen molar-refractivity contribution in [3.05, 3.63) is 48.4 Å². The third kappa shape index (κ3) is 3.11. The first-order valence-corrected chi connectivity index (χ1v) is 7.42. The second-order valence-electron chi connectivity index (χ2n) is 3.33. The van der Waals surface area contributed by atoms with Gasteiger partial charge in [0.15, 0.2) is 0 Å². The van der Waals surface area contributed by atoms with Crippen LogP contribution in [-0.4, -0.2) is 4.98 Å². The largest absolute Gasteiger partial charge is 0.338 e. The Morgan fingerprint density at radius 3 is 2.44 bits per heavy atom. The van der Waals surface area contributed by atoms with E-state index < -0.39 is 0 Å². The van der Waals surface area contributed by atoms with Gasteiger partial charge in [-0.1, -0.05) is 34.8 Å². The van der Waals surface area contributed by atoms with Gasteiger partial charge in [-0.2, -0.15) is 0 Å². The fourth-order valence-corrected chi connectivity index (χ4v) is 2.75. The first-order chi connectivity index (χ1) is 8.49. The SMILES string of the molecule is Clc1cc(Br)cnc1Nc1ccc(Br)c(Cl)c1Cl. The molecule has 7 heteroatoms. The molecule has 0 radical (unpaired) electrons. The topological polar surface area (TPSA) is 24.9 Å². The van der Waals surface area contributed by atoms with Gasteiger partial charge in [0.05, 0.1) is 20.8 Å². The Hall–Kier alpha value is -0.000000000000000111. The molecule has 0 fully saturated rings. The highest BCUT2D eigenvalue weighted by molar-refractivity contribution is 9.10. The van der Waals surface area contributed by atoms with E-state index >= 15 is 0 Å². The Morgan fingerprint density at radius 2 is 1.78 bits per heavy atom. The number of hydrogen-bond acceptors (Lipinski definition) is 2. The molecule has 2 aromatic rings. The maximum atomic E-state index is 6.13. The summed E-state index contributed by atoms with van der Waals surface area (Å²) >= 11 is 24.8. The summed E-state index contributed by atoms with van der Waals surface area (Å²) in [7, 11) is 0. The third-order valence-corrected chi connectivity index (χ3v) is 4.59. The molecule has 0 spiro atoms. The lowest BCUT2D eigenvalue weighted by atomic mass is 10.3. The minimum atomic E-state index is 0.409. The van der Waals surface area contributed by atoms with Crippen molar-refractivity contribution in [2.24, 2.45) is 0 Å². The van der Waals surface area contributed by atoms with E-state index in [0.29, 0.717) is 26.6 Å². The standard InChI is InChI=1S/C11H5Br2Cl3N2/c12-5-3-7(14)11(17-4-5)18-8-2-1-6(13)9(15)10(8)16/h1-4H,(H,17,18). The molecule has 1 N–H and O–H groups in total. The van der Waals surface area contributed by atoms with E-state index in [4.69, 9.17) is 34.8 Å². The van der Waals surface area contributed by atoms with E-state index in [1.54, 1.807) is 24.4 Å². The molecule has 18 heavy (non-hydrogen) atoms. The van der Waals surface area contributed by atoms with Crippen molar-refractivity contribution in [3.63, 3.8) is 0 Å². The zero-order valence-electron chi connectivity index (χ0n) is 8.65. The maximum absolute atomic E-state index is 6.13. The highest BCUT2D eigenvalue weighted by atomic mass is 79.9. The van der Waals surface area contributed by atoms with Crippen LogP contribution in [0.4, 0.5) is 11.5 Å².